The van der Waals surface area contributed by atoms with Gasteiger partial charge < -0.3 is 4.90 Å². The number of hydrogen-bond donors (Lipinski definition) is 0. The molecule has 1 fully saturated rings. The molecule has 166 valence electrons. The van der Waals surface area contributed by atoms with Crippen molar-refractivity contribution in [3.63, 3.8) is 0 Å². The molecule has 7 nitrogen and oxygen atoms in total. The summed E-state index contributed by atoms with van der Waals surface area (Å²) in [5.74, 6) is 0.108. The van der Waals surface area contributed by atoms with Crippen LogP contribution in [0.1, 0.15) is 42.7 Å². The normalized spacial score (nSPS) is 16.8. The summed E-state index contributed by atoms with van der Waals surface area (Å²) in [5, 5.41) is 6.26. The highest BCUT2D eigenvalue weighted by Crippen LogP contribution is 2.28. The van der Waals surface area contributed by atoms with Gasteiger partial charge in [-0.3, -0.25) is 18.8 Å². The molecule has 32 heavy (non-hydrogen) atoms. The predicted octanol–water partition coefficient (Wildman–Crippen LogP) is 3.93. The quantitative estimate of drug-likeness (QED) is 0.463. The van der Waals surface area contributed by atoms with Gasteiger partial charge >= 0.3 is 0 Å². The third-order valence-electron chi connectivity index (χ3n) is 6.52. The molecule has 1 saturated heterocycles. The zero-order chi connectivity index (χ0) is 22.2. The maximum absolute atomic E-state index is 13.3. The van der Waals surface area contributed by atoms with Gasteiger partial charge in [-0.15, -0.1) is 11.3 Å². The molecular formula is C24H27N5O2S. The molecule has 1 amide bonds. The molecule has 8 heteroatoms. The van der Waals surface area contributed by atoms with Crippen molar-refractivity contribution in [2.24, 2.45) is 0 Å². The number of likely N-dealkylation sites (tertiary alicyclic amines) is 1. The highest BCUT2D eigenvalue weighted by Gasteiger charge is 2.26. The molecule has 0 bridgehead atoms. The van der Waals surface area contributed by atoms with Crippen LogP contribution in [0.15, 0.2) is 41.6 Å². The van der Waals surface area contributed by atoms with Crippen LogP contribution in [0.5, 0.6) is 0 Å². The second-order valence-electron chi connectivity index (χ2n) is 8.44. The Labute approximate surface area is 190 Å². The third-order valence-corrected chi connectivity index (χ3v) is 7.58. The van der Waals surface area contributed by atoms with Crippen LogP contribution in [0.25, 0.3) is 21.1 Å². The van der Waals surface area contributed by atoms with Crippen LogP contribution < -0.4 is 5.56 Å². The lowest BCUT2D eigenvalue weighted by atomic mass is 10.0. The number of aromatic nitrogens is 4. The van der Waals surface area contributed by atoms with Crippen molar-refractivity contribution >= 4 is 38.4 Å². The molecule has 1 aliphatic rings. The molecule has 0 aliphatic carbocycles. The number of carbonyl (C=O) groups excluding carboxylic acids is 1. The van der Waals surface area contributed by atoms with Crippen molar-refractivity contribution in [2.75, 3.05) is 13.1 Å². The molecular weight excluding hydrogens is 422 g/mol. The van der Waals surface area contributed by atoms with Crippen LogP contribution in [-0.2, 0) is 17.8 Å². The first-order valence-electron chi connectivity index (χ1n) is 11.2. The first-order valence-corrected chi connectivity index (χ1v) is 12.1. The van der Waals surface area contributed by atoms with Gasteiger partial charge in [-0.05, 0) is 37.8 Å². The Balaban J connectivity index is 1.32. The fraction of sp³-hybridized carbons (Fsp3) is 0.417. The van der Waals surface area contributed by atoms with Crippen LogP contribution in [0.3, 0.4) is 0 Å². The minimum absolute atomic E-state index is 0.0264. The number of rotatable bonds is 5. The van der Waals surface area contributed by atoms with E-state index >= 15 is 0 Å². The van der Waals surface area contributed by atoms with E-state index in [2.05, 4.69) is 23.9 Å². The van der Waals surface area contributed by atoms with Crippen LogP contribution in [0.2, 0.25) is 0 Å². The maximum atomic E-state index is 13.3. The van der Waals surface area contributed by atoms with E-state index in [1.54, 1.807) is 22.2 Å². The van der Waals surface area contributed by atoms with Gasteiger partial charge in [0, 0.05) is 29.8 Å². The summed E-state index contributed by atoms with van der Waals surface area (Å²) < 4.78 is 3.65. The number of hydrogen-bond acceptors (Lipinski definition) is 5. The van der Waals surface area contributed by atoms with Gasteiger partial charge in [0.2, 0.25) is 5.91 Å². The average Bonchev–Trinajstić information content (AvgIpc) is 3.38. The van der Waals surface area contributed by atoms with Crippen molar-refractivity contribution in [3.8, 4) is 0 Å². The molecule has 4 aromatic rings. The second-order valence-corrected chi connectivity index (χ2v) is 9.64. The Morgan fingerprint density at radius 1 is 1.28 bits per heavy atom. The summed E-state index contributed by atoms with van der Waals surface area (Å²) in [5.41, 5.74) is 2.17. The molecule has 3 aromatic heterocycles. The van der Waals surface area contributed by atoms with Gasteiger partial charge in [-0.1, -0.05) is 25.1 Å². The fourth-order valence-corrected chi connectivity index (χ4v) is 5.90. The molecule has 5 rings (SSSR count). The van der Waals surface area contributed by atoms with Gasteiger partial charge in [-0.25, -0.2) is 4.98 Å². The highest BCUT2D eigenvalue weighted by atomic mass is 32.1. The van der Waals surface area contributed by atoms with Crippen LogP contribution >= 0.6 is 11.3 Å². The van der Waals surface area contributed by atoms with Crippen LogP contribution in [-0.4, -0.2) is 43.2 Å². The van der Waals surface area contributed by atoms with Gasteiger partial charge in [0.1, 0.15) is 4.83 Å². The van der Waals surface area contributed by atoms with Gasteiger partial charge in [-0.2, -0.15) is 5.10 Å². The first kappa shape index (κ1) is 20.9. The lowest BCUT2D eigenvalue weighted by Gasteiger charge is -2.33. The molecule has 0 radical (unpaired) electrons. The van der Waals surface area contributed by atoms with Crippen molar-refractivity contribution in [1.82, 2.24) is 24.2 Å². The molecule has 1 aromatic carbocycles. The zero-order valence-electron chi connectivity index (χ0n) is 18.5. The highest BCUT2D eigenvalue weighted by molar-refractivity contribution is 7.18. The van der Waals surface area contributed by atoms with Gasteiger partial charge in [0.15, 0.2) is 0 Å². The molecule has 0 unspecified atom stereocenters. The SMILES string of the molecule is CCc1c(C)sc2ncn([C@H]3CCCN(C(=O)CCn4ncc5ccccc54)C3)c(=O)c12. The summed E-state index contributed by atoms with van der Waals surface area (Å²) in [6, 6.07) is 7.99. The number of nitrogens with zero attached hydrogens (tertiary/aromatic N) is 5. The standard InChI is InChI=1S/C24H27N5O2S/c1-3-19-16(2)32-23-22(19)24(31)28(15-25-23)18-8-6-11-27(14-18)21(30)10-12-29-20-9-5-4-7-17(20)13-26-29/h4-5,7,9,13,15,18H,3,6,8,10-12,14H2,1-2H3/t18-/m0/s1. The Kier molecular flexibility index (Phi) is 5.55. The van der Waals surface area contributed by atoms with E-state index in [1.165, 1.54) is 0 Å². The lowest BCUT2D eigenvalue weighted by Crippen LogP contribution is -2.43. The monoisotopic (exact) mass is 449 g/mol. The Hall–Kier alpha value is -3.00. The van der Waals surface area contributed by atoms with E-state index in [9.17, 15) is 9.59 Å². The molecule has 0 spiro atoms. The summed E-state index contributed by atoms with van der Waals surface area (Å²) in [6.07, 6.45) is 6.50. The summed E-state index contributed by atoms with van der Waals surface area (Å²) in [7, 11) is 0. The molecule has 1 atom stereocenters. The third kappa shape index (κ3) is 3.62. The summed E-state index contributed by atoms with van der Waals surface area (Å²) >= 11 is 1.59. The predicted molar refractivity (Wildman–Crippen MR) is 127 cm³/mol. The van der Waals surface area contributed by atoms with E-state index in [4.69, 9.17) is 0 Å². The zero-order valence-corrected chi connectivity index (χ0v) is 19.3. The average molecular weight is 450 g/mol. The smallest absolute Gasteiger partial charge is 0.262 e. The minimum Gasteiger partial charge on any atom is -0.341 e. The number of fused-ring (bicyclic) bond motifs is 2. The van der Waals surface area contributed by atoms with Crippen LogP contribution in [0, 0.1) is 6.92 Å². The van der Waals surface area contributed by atoms with Crippen molar-refractivity contribution in [3.05, 3.63) is 57.6 Å². The number of benzene rings is 1. The Morgan fingerprint density at radius 3 is 2.97 bits per heavy atom. The van der Waals surface area contributed by atoms with E-state index in [0.717, 1.165) is 57.4 Å². The lowest BCUT2D eigenvalue weighted by molar-refractivity contribution is -0.133. The number of thiophene rings is 1. The maximum Gasteiger partial charge on any atom is 0.262 e. The second kappa shape index (κ2) is 8.50. The number of amides is 1. The molecule has 1 aliphatic heterocycles. The van der Waals surface area contributed by atoms with Crippen molar-refractivity contribution in [1.29, 1.82) is 0 Å². The number of carbonyl (C=O) groups is 1. The van der Waals surface area contributed by atoms with E-state index in [0.29, 0.717) is 19.5 Å². The minimum atomic E-state index is -0.0347. The van der Waals surface area contributed by atoms with Gasteiger partial charge in [0.05, 0.1) is 36.0 Å². The van der Waals surface area contributed by atoms with E-state index in [1.807, 2.05) is 40.0 Å². The van der Waals surface area contributed by atoms with E-state index in [-0.39, 0.29) is 17.5 Å². The number of aryl methyl sites for hydroxylation is 3. The molecule has 4 heterocycles. The Bertz CT molecular complexity index is 1350. The van der Waals surface area contributed by atoms with Crippen molar-refractivity contribution < 1.29 is 4.79 Å². The van der Waals surface area contributed by atoms with E-state index < -0.39 is 0 Å². The fourth-order valence-electron chi connectivity index (χ4n) is 4.83. The van der Waals surface area contributed by atoms with Crippen LogP contribution in [0.4, 0.5) is 0 Å². The molecule has 0 N–H and O–H groups in total. The number of piperidine rings is 1. The molecule has 0 saturated carbocycles. The summed E-state index contributed by atoms with van der Waals surface area (Å²) in [6.45, 7) is 5.97. The largest absolute Gasteiger partial charge is 0.341 e. The van der Waals surface area contributed by atoms with Crippen molar-refractivity contribution in [2.45, 2.75) is 52.1 Å². The van der Waals surface area contributed by atoms with Gasteiger partial charge in [0.25, 0.3) is 5.56 Å². The Morgan fingerprint density at radius 2 is 2.12 bits per heavy atom. The first-order chi connectivity index (χ1) is 15.6. The topological polar surface area (TPSA) is 73.0 Å². The number of para-hydroxylation sites is 1. The summed E-state index contributed by atoms with van der Waals surface area (Å²) in [4.78, 5) is 34.8.